The predicted octanol–water partition coefficient (Wildman–Crippen LogP) is 5.00. The van der Waals surface area contributed by atoms with Crippen LogP contribution in [0.2, 0.25) is 0 Å². The number of piperazine rings is 1. The molecule has 1 fully saturated rings. The minimum atomic E-state index is -4.40. The van der Waals surface area contributed by atoms with Crippen LogP contribution in [0.5, 0.6) is 0 Å². The summed E-state index contributed by atoms with van der Waals surface area (Å²) in [6.07, 6.45) is -2.39. The summed E-state index contributed by atoms with van der Waals surface area (Å²) in [6, 6.07) is 18.4. The van der Waals surface area contributed by atoms with Gasteiger partial charge in [-0.05, 0) is 65.4 Å². The molecule has 0 aromatic heterocycles. The van der Waals surface area contributed by atoms with Crippen LogP contribution in [-0.4, -0.2) is 43.0 Å². The van der Waals surface area contributed by atoms with Crippen molar-refractivity contribution in [2.24, 2.45) is 0 Å². The molecule has 1 saturated heterocycles. The zero-order valence-electron chi connectivity index (χ0n) is 18.7. The third-order valence-electron chi connectivity index (χ3n) is 6.74. The van der Waals surface area contributed by atoms with Crippen molar-refractivity contribution >= 4 is 11.6 Å². The number of halogens is 3. The van der Waals surface area contributed by atoms with Gasteiger partial charge in [-0.25, -0.2) is 0 Å². The van der Waals surface area contributed by atoms with Gasteiger partial charge in [-0.2, -0.15) is 13.2 Å². The molecule has 1 heterocycles. The summed E-state index contributed by atoms with van der Waals surface area (Å²) in [5, 5.41) is 6.38. The van der Waals surface area contributed by atoms with Gasteiger partial charge in [0.05, 0.1) is 5.56 Å². The lowest BCUT2D eigenvalue weighted by Crippen LogP contribution is -2.48. The molecule has 0 spiro atoms. The van der Waals surface area contributed by atoms with Crippen molar-refractivity contribution in [1.29, 1.82) is 0 Å². The van der Waals surface area contributed by atoms with E-state index in [1.807, 2.05) is 6.07 Å². The fraction of sp³-hybridized carbons (Fsp3) is 0.296. The Labute approximate surface area is 196 Å². The summed E-state index contributed by atoms with van der Waals surface area (Å²) >= 11 is 0. The van der Waals surface area contributed by atoms with Crippen molar-refractivity contribution < 1.29 is 18.0 Å². The minimum absolute atomic E-state index is 0.285. The topological polar surface area (TPSA) is 44.4 Å². The smallest absolute Gasteiger partial charge is 0.322 e. The third kappa shape index (κ3) is 4.72. The molecular weight excluding hydrogens is 439 g/mol. The van der Waals surface area contributed by atoms with Crippen LogP contribution in [0.15, 0.2) is 66.7 Å². The van der Waals surface area contributed by atoms with Gasteiger partial charge in [-0.3, -0.25) is 9.69 Å². The molecule has 4 nitrogen and oxygen atoms in total. The monoisotopic (exact) mass is 465 g/mol. The highest BCUT2D eigenvalue weighted by atomic mass is 19.4. The molecule has 0 radical (unpaired) electrons. The van der Waals surface area contributed by atoms with E-state index in [2.05, 4.69) is 27.7 Å². The van der Waals surface area contributed by atoms with Gasteiger partial charge in [0.1, 0.15) is 0 Å². The van der Waals surface area contributed by atoms with E-state index in [0.717, 1.165) is 56.8 Å². The summed E-state index contributed by atoms with van der Waals surface area (Å²) in [5.74, 6) is -0.285. The Morgan fingerprint density at radius 1 is 0.912 bits per heavy atom. The Balaban J connectivity index is 1.32. The molecular formula is C27H26F3N3O. The van der Waals surface area contributed by atoms with Crippen molar-refractivity contribution in [3.63, 3.8) is 0 Å². The minimum Gasteiger partial charge on any atom is -0.322 e. The molecule has 3 aromatic carbocycles. The van der Waals surface area contributed by atoms with Crippen LogP contribution in [0.4, 0.5) is 18.9 Å². The maximum atomic E-state index is 13.1. The van der Waals surface area contributed by atoms with E-state index in [1.54, 1.807) is 24.3 Å². The average Bonchev–Trinajstić information content (AvgIpc) is 3.28. The molecule has 5 rings (SSSR count). The fourth-order valence-corrected chi connectivity index (χ4v) is 4.95. The SMILES string of the molecule is O=C(Nc1ccc2c(c1)C[C@H](N1CCNCC1)C2)c1ccccc1-c1ccc(C(F)(F)F)cc1. The lowest BCUT2D eigenvalue weighted by Gasteiger charge is -2.32. The number of carbonyl (C=O) groups excluding carboxylic acids is 1. The second kappa shape index (κ2) is 9.24. The van der Waals surface area contributed by atoms with Crippen LogP contribution in [-0.2, 0) is 19.0 Å². The number of carbonyl (C=O) groups is 1. The Kier molecular flexibility index (Phi) is 6.15. The van der Waals surface area contributed by atoms with E-state index >= 15 is 0 Å². The Morgan fingerprint density at radius 3 is 2.35 bits per heavy atom. The third-order valence-corrected chi connectivity index (χ3v) is 6.74. The number of nitrogens with one attached hydrogen (secondary N) is 2. The number of hydrogen-bond acceptors (Lipinski definition) is 3. The molecule has 3 aromatic rings. The van der Waals surface area contributed by atoms with Gasteiger partial charge < -0.3 is 10.6 Å². The van der Waals surface area contributed by atoms with Gasteiger partial charge in [0.15, 0.2) is 0 Å². The van der Waals surface area contributed by atoms with Gasteiger partial charge in [0, 0.05) is 43.5 Å². The molecule has 1 amide bonds. The molecule has 34 heavy (non-hydrogen) atoms. The molecule has 1 aliphatic carbocycles. The predicted molar refractivity (Wildman–Crippen MR) is 127 cm³/mol. The highest BCUT2D eigenvalue weighted by Crippen LogP contribution is 2.33. The summed E-state index contributed by atoms with van der Waals surface area (Å²) in [5.41, 5.74) is 4.17. The molecule has 0 unspecified atom stereocenters. The summed E-state index contributed by atoms with van der Waals surface area (Å²) in [4.78, 5) is 15.7. The normalized spacial score (nSPS) is 18.5. The van der Waals surface area contributed by atoms with E-state index in [4.69, 9.17) is 0 Å². The maximum Gasteiger partial charge on any atom is 0.416 e. The van der Waals surface area contributed by atoms with Crippen LogP contribution < -0.4 is 10.6 Å². The maximum absolute atomic E-state index is 13.1. The first-order valence-corrected chi connectivity index (χ1v) is 11.5. The number of alkyl halides is 3. The molecule has 2 aliphatic rings. The molecule has 176 valence electrons. The van der Waals surface area contributed by atoms with E-state index in [-0.39, 0.29) is 5.91 Å². The van der Waals surface area contributed by atoms with Crippen LogP contribution in [0.3, 0.4) is 0 Å². The fourth-order valence-electron chi connectivity index (χ4n) is 4.95. The van der Waals surface area contributed by atoms with Gasteiger partial charge in [0.2, 0.25) is 0 Å². The molecule has 1 aliphatic heterocycles. The summed E-state index contributed by atoms with van der Waals surface area (Å²) in [6.45, 7) is 4.16. The van der Waals surface area contributed by atoms with Crippen molar-refractivity contribution in [1.82, 2.24) is 10.2 Å². The van der Waals surface area contributed by atoms with Crippen molar-refractivity contribution in [2.45, 2.75) is 25.1 Å². The van der Waals surface area contributed by atoms with Crippen LogP contribution in [0, 0.1) is 0 Å². The van der Waals surface area contributed by atoms with Crippen molar-refractivity contribution in [3.05, 3.63) is 89.0 Å². The zero-order valence-corrected chi connectivity index (χ0v) is 18.7. The number of amides is 1. The standard InChI is InChI=1S/C27H26F3N3O/c28-27(29,30)21-8-5-18(6-9-21)24-3-1-2-4-25(24)26(34)32-22-10-7-19-16-23(17-20(19)15-22)33-13-11-31-12-14-33/h1-10,15,23,31H,11-14,16-17H2,(H,32,34)/t23-/m1/s1. The van der Waals surface area contributed by atoms with Crippen LogP contribution >= 0.6 is 0 Å². The Morgan fingerprint density at radius 2 is 1.62 bits per heavy atom. The number of nitrogens with zero attached hydrogens (tertiary/aromatic N) is 1. The first-order valence-electron chi connectivity index (χ1n) is 11.5. The van der Waals surface area contributed by atoms with E-state index in [0.29, 0.717) is 22.7 Å². The number of rotatable bonds is 4. The first-order chi connectivity index (χ1) is 16.4. The molecule has 0 bridgehead atoms. The van der Waals surface area contributed by atoms with Crippen LogP contribution in [0.1, 0.15) is 27.0 Å². The summed E-state index contributed by atoms with van der Waals surface area (Å²) in [7, 11) is 0. The molecule has 7 heteroatoms. The molecule has 0 saturated carbocycles. The van der Waals surface area contributed by atoms with Crippen molar-refractivity contribution in [3.8, 4) is 11.1 Å². The molecule has 2 N–H and O–H groups in total. The van der Waals surface area contributed by atoms with Gasteiger partial charge in [-0.15, -0.1) is 0 Å². The van der Waals surface area contributed by atoms with Gasteiger partial charge >= 0.3 is 6.18 Å². The van der Waals surface area contributed by atoms with E-state index < -0.39 is 11.7 Å². The van der Waals surface area contributed by atoms with E-state index in [9.17, 15) is 18.0 Å². The number of hydrogen-bond donors (Lipinski definition) is 2. The summed E-state index contributed by atoms with van der Waals surface area (Å²) < 4.78 is 38.8. The highest BCUT2D eigenvalue weighted by Gasteiger charge is 2.30. The average molecular weight is 466 g/mol. The van der Waals surface area contributed by atoms with Gasteiger partial charge in [-0.1, -0.05) is 36.4 Å². The second-order valence-corrected chi connectivity index (χ2v) is 8.91. The van der Waals surface area contributed by atoms with Gasteiger partial charge in [0.25, 0.3) is 5.91 Å². The Bertz CT molecular complexity index is 1180. The second-order valence-electron chi connectivity index (χ2n) is 8.91. The number of anilines is 1. The quantitative estimate of drug-likeness (QED) is 0.570. The number of benzene rings is 3. The Hall–Kier alpha value is -3.16. The lowest BCUT2D eigenvalue weighted by molar-refractivity contribution is -0.137. The largest absolute Gasteiger partial charge is 0.416 e. The van der Waals surface area contributed by atoms with Crippen LogP contribution in [0.25, 0.3) is 11.1 Å². The highest BCUT2D eigenvalue weighted by molar-refractivity contribution is 6.08. The van der Waals surface area contributed by atoms with E-state index in [1.165, 1.54) is 23.3 Å². The zero-order chi connectivity index (χ0) is 23.7. The number of fused-ring (bicyclic) bond motifs is 1. The lowest BCUT2D eigenvalue weighted by atomic mass is 9.98. The first kappa shape index (κ1) is 22.6. The molecule has 1 atom stereocenters. The van der Waals surface area contributed by atoms with Crippen molar-refractivity contribution in [2.75, 3.05) is 31.5 Å².